The Morgan fingerprint density at radius 2 is 1.61 bits per heavy atom. The first kappa shape index (κ1) is 17.6. The first-order valence-electron chi connectivity index (χ1n) is 6.47. The van der Waals surface area contributed by atoms with Crippen LogP contribution in [0.15, 0.2) is 30.3 Å². The van der Waals surface area contributed by atoms with Gasteiger partial charge >= 0.3 is 26.2 Å². The number of hydrogen-bond donors (Lipinski definition) is 0. The van der Waals surface area contributed by atoms with Gasteiger partial charge in [0.25, 0.3) is 0 Å². The summed E-state index contributed by atoms with van der Waals surface area (Å²) in [5.41, 5.74) is 7.21. The predicted octanol–water partition coefficient (Wildman–Crippen LogP) is 4.99. The molecule has 0 bridgehead atoms. The Kier molecular flexibility index (Phi) is 8.44. The zero-order chi connectivity index (χ0) is 12.8. The van der Waals surface area contributed by atoms with E-state index in [1.165, 1.54) is 40.7 Å². The van der Waals surface area contributed by atoms with E-state index >= 15 is 0 Å². The Labute approximate surface area is 131 Å². The van der Waals surface area contributed by atoms with Crippen LogP contribution in [0.2, 0.25) is 0 Å². The van der Waals surface area contributed by atoms with Crippen molar-refractivity contribution in [3.8, 4) is 0 Å². The summed E-state index contributed by atoms with van der Waals surface area (Å²) in [6.07, 6.45) is 2.48. The Morgan fingerprint density at radius 3 is 1.89 bits per heavy atom. The minimum Gasteiger partial charge on any atom is -0.213 e. The van der Waals surface area contributed by atoms with Crippen molar-refractivity contribution in [2.45, 2.75) is 47.5 Å². The van der Waals surface area contributed by atoms with Crippen LogP contribution in [-0.4, -0.2) is 0 Å². The first-order chi connectivity index (χ1) is 8.06. The largest absolute Gasteiger partial charge is 2.00 e. The van der Waals surface area contributed by atoms with E-state index in [0.29, 0.717) is 0 Å². The van der Waals surface area contributed by atoms with E-state index < -0.39 is 0 Å². The molecule has 1 heteroatoms. The summed E-state index contributed by atoms with van der Waals surface area (Å²) in [4.78, 5) is 0. The van der Waals surface area contributed by atoms with Crippen molar-refractivity contribution in [3.63, 3.8) is 0 Å². The summed E-state index contributed by atoms with van der Waals surface area (Å²) in [5, 5.41) is 0. The predicted molar refractivity (Wildman–Crippen MR) is 77.0 cm³/mol. The molecule has 2 rings (SSSR count). The average Bonchev–Trinajstić information content (AvgIpc) is 2.87. The van der Waals surface area contributed by atoms with Gasteiger partial charge in [-0.3, -0.25) is 0 Å². The molecule has 0 amide bonds. The van der Waals surface area contributed by atoms with Crippen LogP contribution in [0.3, 0.4) is 0 Å². The Bertz CT molecular complexity index is 410. The molecule has 96 valence electrons. The molecule has 0 aliphatic rings. The quantitative estimate of drug-likeness (QED) is 0.684. The molecule has 0 spiro atoms. The summed E-state index contributed by atoms with van der Waals surface area (Å²) < 4.78 is 0. The third kappa shape index (κ3) is 5.06. The second-order valence-electron chi connectivity index (χ2n) is 4.80. The van der Waals surface area contributed by atoms with Gasteiger partial charge in [-0.25, -0.2) is 12.1 Å². The smallest absolute Gasteiger partial charge is 0.213 e. The van der Waals surface area contributed by atoms with E-state index in [9.17, 15) is 0 Å². The van der Waals surface area contributed by atoms with E-state index in [-0.39, 0.29) is 26.2 Å². The summed E-state index contributed by atoms with van der Waals surface area (Å²) >= 11 is 0. The first-order valence-corrected chi connectivity index (χ1v) is 6.47. The Balaban J connectivity index is 0.000000306. The van der Waals surface area contributed by atoms with Crippen molar-refractivity contribution in [3.05, 3.63) is 58.1 Å². The van der Waals surface area contributed by atoms with Crippen molar-refractivity contribution in [2.24, 2.45) is 0 Å². The van der Waals surface area contributed by atoms with Gasteiger partial charge in [0, 0.05) is 0 Å². The molecule has 0 atom stereocenters. The maximum absolute atomic E-state index is 2.24. The molecular formula is C17H24Zr. The monoisotopic (exact) mass is 318 g/mol. The number of aryl methyl sites for hydroxylation is 3. The third-order valence-electron chi connectivity index (χ3n) is 3.45. The van der Waals surface area contributed by atoms with Crippen LogP contribution in [-0.2, 0) is 32.6 Å². The van der Waals surface area contributed by atoms with Gasteiger partial charge in [-0.05, 0) is 0 Å². The van der Waals surface area contributed by atoms with E-state index in [2.05, 4.69) is 65.0 Å². The molecule has 0 saturated heterocycles. The van der Waals surface area contributed by atoms with Gasteiger partial charge in [0.2, 0.25) is 0 Å². The minimum absolute atomic E-state index is 0. The van der Waals surface area contributed by atoms with Crippen molar-refractivity contribution in [1.82, 2.24) is 0 Å². The number of rotatable bonds is 2. The maximum atomic E-state index is 2.24. The zero-order valence-corrected chi connectivity index (χ0v) is 14.8. The normalized spacial score (nSPS) is 9.39. The third-order valence-corrected chi connectivity index (χ3v) is 3.45. The fraction of sp³-hybridized carbons (Fsp3) is 0.412. The topological polar surface area (TPSA) is 0 Å². The van der Waals surface area contributed by atoms with Gasteiger partial charge in [0.1, 0.15) is 0 Å². The van der Waals surface area contributed by atoms with Gasteiger partial charge < -0.3 is 0 Å². The minimum atomic E-state index is 0. The molecule has 2 aromatic carbocycles. The van der Waals surface area contributed by atoms with E-state index in [1.807, 2.05) is 0 Å². The molecule has 2 aromatic rings. The molecule has 0 saturated carbocycles. The standard InChI is InChI=1S/C9H13.C8H11.Zr/c1-6-5-7(2)9(4)8(6)3;1-2-5-8-6-3-4-7-8;/h5H,1-4H3;3-4,6-7H,2,5H2,1H3;/q2*-1;+2. The molecule has 0 unspecified atom stereocenters. The van der Waals surface area contributed by atoms with Crippen LogP contribution in [0.5, 0.6) is 0 Å². The van der Waals surface area contributed by atoms with Crippen LogP contribution in [0.1, 0.15) is 41.2 Å². The SMILES string of the molecule is CCC[c-]1cccc1.Cc1c[c-](C)c(C)c1C.[Zr+2]. The summed E-state index contributed by atoms with van der Waals surface area (Å²) in [6.45, 7) is 10.9. The molecule has 0 N–H and O–H groups in total. The Hall–Kier alpha value is -0.417. The van der Waals surface area contributed by atoms with Gasteiger partial charge in [-0.15, -0.1) is 0 Å². The van der Waals surface area contributed by atoms with Gasteiger partial charge in [-0.1, -0.05) is 47.5 Å². The molecule has 18 heavy (non-hydrogen) atoms. The van der Waals surface area contributed by atoms with Crippen LogP contribution in [0.25, 0.3) is 0 Å². The molecule has 0 radical (unpaired) electrons. The Morgan fingerprint density at radius 1 is 1.06 bits per heavy atom. The molecule has 0 nitrogen and oxygen atoms in total. The van der Waals surface area contributed by atoms with Crippen LogP contribution < -0.4 is 0 Å². The second kappa shape index (κ2) is 8.64. The molecule has 0 heterocycles. The van der Waals surface area contributed by atoms with Crippen molar-refractivity contribution in [2.75, 3.05) is 0 Å². The average molecular weight is 320 g/mol. The van der Waals surface area contributed by atoms with Crippen LogP contribution >= 0.6 is 0 Å². The van der Waals surface area contributed by atoms with Crippen LogP contribution in [0.4, 0.5) is 0 Å². The molecule has 0 aliphatic heterocycles. The molecule has 0 aliphatic carbocycles. The van der Waals surface area contributed by atoms with Gasteiger partial charge in [-0.2, -0.15) is 46.0 Å². The zero-order valence-electron chi connectivity index (χ0n) is 12.3. The van der Waals surface area contributed by atoms with E-state index in [4.69, 9.17) is 0 Å². The van der Waals surface area contributed by atoms with Crippen molar-refractivity contribution < 1.29 is 26.2 Å². The van der Waals surface area contributed by atoms with E-state index in [0.717, 1.165) is 0 Å². The molecule has 0 aromatic heterocycles. The van der Waals surface area contributed by atoms with Crippen LogP contribution in [0, 0.1) is 27.7 Å². The van der Waals surface area contributed by atoms with Crippen molar-refractivity contribution >= 4 is 0 Å². The molecular weight excluding hydrogens is 295 g/mol. The van der Waals surface area contributed by atoms with Crippen molar-refractivity contribution in [1.29, 1.82) is 0 Å². The fourth-order valence-electron chi connectivity index (χ4n) is 2.00. The fourth-order valence-corrected chi connectivity index (χ4v) is 2.00. The summed E-state index contributed by atoms with van der Waals surface area (Å²) in [7, 11) is 0. The summed E-state index contributed by atoms with van der Waals surface area (Å²) in [5.74, 6) is 0. The van der Waals surface area contributed by atoms with E-state index in [1.54, 1.807) is 0 Å². The molecule has 0 fully saturated rings. The maximum Gasteiger partial charge on any atom is 2.00 e. The second-order valence-corrected chi connectivity index (χ2v) is 4.80. The summed E-state index contributed by atoms with van der Waals surface area (Å²) in [6, 6.07) is 10.8. The number of hydrogen-bond acceptors (Lipinski definition) is 0. The van der Waals surface area contributed by atoms with Gasteiger partial charge in [0.05, 0.1) is 0 Å². The van der Waals surface area contributed by atoms with Gasteiger partial charge in [0.15, 0.2) is 0 Å².